The van der Waals surface area contributed by atoms with Gasteiger partial charge in [-0.3, -0.25) is 9.52 Å². The van der Waals surface area contributed by atoms with E-state index in [1.54, 1.807) is 23.2 Å². The highest BCUT2D eigenvalue weighted by atomic mass is 32.2. The molecule has 1 aliphatic carbocycles. The molecule has 30 heavy (non-hydrogen) atoms. The predicted molar refractivity (Wildman–Crippen MR) is 119 cm³/mol. The maximum absolute atomic E-state index is 13.3. The molecule has 0 unspecified atom stereocenters. The van der Waals surface area contributed by atoms with Crippen molar-refractivity contribution in [2.45, 2.75) is 44.6 Å². The van der Waals surface area contributed by atoms with Gasteiger partial charge in [0.05, 0.1) is 18.0 Å². The number of nitrogens with one attached hydrogen (secondary N) is 1. The van der Waals surface area contributed by atoms with E-state index in [0.29, 0.717) is 12.1 Å². The van der Waals surface area contributed by atoms with E-state index in [1.165, 1.54) is 6.42 Å². The van der Waals surface area contributed by atoms with Crippen molar-refractivity contribution in [3.63, 3.8) is 0 Å². The van der Waals surface area contributed by atoms with Gasteiger partial charge < -0.3 is 0 Å². The van der Waals surface area contributed by atoms with E-state index >= 15 is 0 Å². The molecule has 0 saturated heterocycles. The van der Waals surface area contributed by atoms with Gasteiger partial charge in [-0.15, -0.1) is 0 Å². The molecule has 1 saturated carbocycles. The zero-order valence-corrected chi connectivity index (χ0v) is 17.9. The van der Waals surface area contributed by atoms with Crippen LogP contribution in [0.3, 0.4) is 0 Å². The maximum atomic E-state index is 13.3. The normalized spacial score (nSPS) is 20.1. The van der Waals surface area contributed by atoms with Gasteiger partial charge in [-0.05, 0) is 36.1 Å². The van der Waals surface area contributed by atoms with E-state index in [0.717, 1.165) is 48.8 Å². The van der Waals surface area contributed by atoms with Gasteiger partial charge in [0.25, 0.3) is 0 Å². The molecule has 158 valence electrons. The van der Waals surface area contributed by atoms with Crippen LogP contribution in [0.25, 0.3) is 0 Å². The Bertz CT molecular complexity index is 1040. The summed E-state index contributed by atoms with van der Waals surface area (Å²) in [5.74, 6) is 0.135. The Hall–Kier alpha value is -2.67. The second kappa shape index (κ2) is 8.60. The molecule has 1 amide bonds. The SMILES string of the molecule is CS(=O)(=O)Nc1cccc(C2=NN(C(=O)C3CCCCC3)[C@@H](c3ccccc3)C2)c1. The number of rotatable bonds is 5. The molecule has 0 spiro atoms. The summed E-state index contributed by atoms with van der Waals surface area (Å²) >= 11 is 0. The lowest BCUT2D eigenvalue weighted by molar-refractivity contribution is -0.138. The van der Waals surface area contributed by atoms with Crippen LogP contribution in [0.5, 0.6) is 0 Å². The minimum absolute atomic E-state index is 0.0336. The van der Waals surface area contributed by atoms with Crippen LogP contribution in [-0.2, 0) is 14.8 Å². The highest BCUT2D eigenvalue weighted by Gasteiger charge is 2.36. The van der Waals surface area contributed by atoms with Gasteiger partial charge in [-0.1, -0.05) is 61.7 Å². The summed E-state index contributed by atoms with van der Waals surface area (Å²) in [6.07, 6.45) is 6.96. The lowest BCUT2D eigenvalue weighted by atomic mass is 9.88. The minimum atomic E-state index is -3.36. The fraction of sp³-hybridized carbons (Fsp3) is 0.391. The van der Waals surface area contributed by atoms with E-state index < -0.39 is 10.0 Å². The Morgan fingerprint density at radius 2 is 1.77 bits per heavy atom. The number of hydrogen-bond acceptors (Lipinski definition) is 4. The lowest BCUT2D eigenvalue weighted by Crippen LogP contribution is -2.33. The predicted octanol–water partition coefficient (Wildman–Crippen LogP) is 4.32. The molecule has 1 heterocycles. The molecule has 0 aromatic heterocycles. The molecule has 6 nitrogen and oxygen atoms in total. The van der Waals surface area contributed by atoms with Gasteiger partial charge in [0.1, 0.15) is 0 Å². The molecule has 2 aromatic carbocycles. The van der Waals surface area contributed by atoms with Crippen molar-refractivity contribution in [1.29, 1.82) is 0 Å². The van der Waals surface area contributed by atoms with Crippen LogP contribution in [0.15, 0.2) is 59.7 Å². The molecule has 1 aliphatic heterocycles. The van der Waals surface area contributed by atoms with Crippen LogP contribution in [0, 0.1) is 5.92 Å². The highest BCUT2D eigenvalue weighted by molar-refractivity contribution is 7.92. The first kappa shape index (κ1) is 20.6. The van der Waals surface area contributed by atoms with E-state index in [2.05, 4.69) is 4.72 Å². The van der Waals surface area contributed by atoms with Gasteiger partial charge >= 0.3 is 0 Å². The van der Waals surface area contributed by atoms with Crippen molar-refractivity contribution in [3.8, 4) is 0 Å². The number of hydrazone groups is 1. The van der Waals surface area contributed by atoms with Gasteiger partial charge in [-0.25, -0.2) is 13.4 Å². The van der Waals surface area contributed by atoms with Crippen LogP contribution >= 0.6 is 0 Å². The lowest BCUT2D eigenvalue weighted by Gasteiger charge is -2.28. The zero-order chi connectivity index (χ0) is 21.1. The minimum Gasteiger partial charge on any atom is -0.284 e. The van der Waals surface area contributed by atoms with Crippen molar-refractivity contribution >= 4 is 27.3 Å². The number of carbonyl (C=O) groups is 1. The van der Waals surface area contributed by atoms with Crippen LogP contribution in [0.1, 0.15) is 55.7 Å². The molecule has 7 heteroatoms. The molecule has 0 bridgehead atoms. The fourth-order valence-electron chi connectivity index (χ4n) is 4.34. The van der Waals surface area contributed by atoms with Crippen molar-refractivity contribution in [1.82, 2.24) is 5.01 Å². The van der Waals surface area contributed by atoms with Crippen LogP contribution in [0.4, 0.5) is 5.69 Å². The summed E-state index contributed by atoms with van der Waals surface area (Å²) in [6.45, 7) is 0. The van der Waals surface area contributed by atoms with E-state index in [4.69, 9.17) is 5.10 Å². The molecule has 1 N–H and O–H groups in total. The molecular weight excluding hydrogens is 398 g/mol. The topological polar surface area (TPSA) is 78.8 Å². The second-order valence-corrected chi connectivity index (χ2v) is 9.90. The van der Waals surface area contributed by atoms with Gasteiger partial charge in [0.2, 0.25) is 15.9 Å². The number of nitrogens with zero attached hydrogens (tertiary/aromatic N) is 2. The largest absolute Gasteiger partial charge is 0.284 e. The van der Waals surface area contributed by atoms with E-state index in [-0.39, 0.29) is 17.9 Å². The van der Waals surface area contributed by atoms with Gasteiger partial charge in [0, 0.05) is 18.0 Å². The van der Waals surface area contributed by atoms with Crippen molar-refractivity contribution in [2.75, 3.05) is 11.0 Å². The number of anilines is 1. The fourth-order valence-corrected chi connectivity index (χ4v) is 4.89. The van der Waals surface area contributed by atoms with Crippen LogP contribution in [-0.4, -0.2) is 31.3 Å². The number of sulfonamides is 1. The van der Waals surface area contributed by atoms with Crippen molar-refractivity contribution in [2.24, 2.45) is 11.0 Å². The summed E-state index contributed by atoms with van der Waals surface area (Å²) in [5.41, 5.74) is 3.17. The molecule has 2 aromatic rings. The molecule has 1 fully saturated rings. The number of benzene rings is 2. The van der Waals surface area contributed by atoms with Gasteiger partial charge in [-0.2, -0.15) is 5.10 Å². The quantitative estimate of drug-likeness (QED) is 0.775. The molecule has 4 rings (SSSR count). The molecule has 0 radical (unpaired) electrons. The Kier molecular flexibility index (Phi) is 5.90. The monoisotopic (exact) mass is 425 g/mol. The molecule has 2 aliphatic rings. The standard InChI is InChI=1S/C23H27N3O3S/c1-30(28,29)25-20-14-8-13-19(15-20)21-16-22(17-9-4-2-5-10-17)26(24-21)23(27)18-11-6-3-7-12-18/h2,4-5,8-10,13-15,18,22,25H,3,6-7,11-12,16H2,1H3/t22-/m1/s1. The zero-order valence-electron chi connectivity index (χ0n) is 17.1. The van der Waals surface area contributed by atoms with Gasteiger partial charge in [0.15, 0.2) is 0 Å². The maximum Gasteiger partial charge on any atom is 0.246 e. The number of hydrogen-bond donors (Lipinski definition) is 1. The van der Waals surface area contributed by atoms with Crippen LogP contribution in [0.2, 0.25) is 0 Å². The first-order valence-electron chi connectivity index (χ1n) is 10.4. The Morgan fingerprint density at radius 3 is 2.47 bits per heavy atom. The first-order valence-corrected chi connectivity index (χ1v) is 12.3. The third kappa shape index (κ3) is 4.73. The number of amides is 1. The summed E-state index contributed by atoms with van der Waals surface area (Å²) in [6, 6.07) is 17.0. The van der Waals surface area contributed by atoms with E-state index in [1.807, 2.05) is 36.4 Å². The van der Waals surface area contributed by atoms with E-state index in [9.17, 15) is 13.2 Å². The first-order chi connectivity index (χ1) is 14.4. The second-order valence-electron chi connectivity index (χ2n) is 8.15. The van der Waals surface area contributed by atoms with Crippen LogP contribution < -0.4 is 4.72 Å². The average Bonchev–Trinajstić information content (AvgIpc) is 3.19. The highest BCUT2D eigenvalue weighted by Crippen LogP contribution is 2.36. The van der Waals surface area contributed by atoms with Crippen molar-refractivity contribution < 1.29 is 13.2 Å². The Labute approximate surface area is 178 Å². The third-order valence-electron chi connectivity index (χ3n) is 5.77. The molecular formula is C23H27N3O3S. The summed E-state index contributed by atoms with van der Waals surface area (Å²) in [7, 11) is -3.36. The Balaban J connectivity index is 1.65. The smallest absolute Gasteiger partial charge is 0.246 e. The average molecular weight is 426 g/mol. The summed E-state index contributed by atoms with van der Waals surface area (Å²) in [4.78, 5) is 13.3. The molecule has 1 atom stereocenters. The third-order valence-corrected chi connectivity index (χ3v) is 6.38. The van der Waals surface area contributed by atoms with Crippen molar-refractivity contribution in [3.05, 3.63) is 65.7 Å². The number of carbonyl (C=O) groups excluding carboxylic acids is 1. The summed E-state index contributed by atoms with van der Waals surface area (Å²) < 4.78 is 25.7. The summed E-state index contributed by atoms with van der Waals surface area (Å²) in [5, 5.41) is 6.43. The Morgan fingerprint density at radius 1 is 1.03 bits per heavy atom.